The molecule has 23 heavy (non-hydrogen) atoms. The summed E-state index contributed by atoms with van der Waals surface area (Å²) in [5, 5.41) is 43.3. The van der Waals surface area contributed by atoms with Gasteiger partial charge in [-0.05, 0) is 46.2 Å². The molecule has 0 bridgehead atoms. The Morgan fingerprint density at radius 2 is 0.870 bits per heavy atom. The van der Waals surface area contributed by atoms with Crippen LogP contribution >= 0.6 is 0 Å². The van der Waals surface area contributed by atoms with Gasteiger partial charge in [-0.15, -0.1) is 0 Å². The molecule has 0 fully saturated rings. The summed E-state index contributed by atoms with van der Waals surface area (Å²) in [5.74, 6) is -7.10. The van der Waals surface area contributed by atoms with Crippen LogP contribution < -0.4 is 50.0 Å². The Morgan fingerprint density at radius 3 is 1.09 bits per heavy atom. The van der Waals surface area contributed by atoms with E-state index in [0.717, 1.165) is 12.1 Å². The molecule has 0 unspecified atom stereocenters. The number of fused-ring (bicyclic) bond motifs is 1. The second kappa shape index (κ2) is 6.78. The minimum atomic E-state index is -1.81. The van der Waals surface area contributed by atoms with Crippen LogP contribution in [0.3, 0.4) is 0 Å². The van der Waals surface area contributed by atoms with Crippen LogP contribution in [0.1, 0.15) is 41.4 Å². The summed E-state index contributed by atoms with van der Waals surface area (Å²) in [6.07, 6.45) is 0. The summed E-state index contributed by atoms with van der Waals surface area (Å²) in [4.78, 5) is 44.0. The first-order valence-electron chi connectivity index (χ1n) is 5.69. The van der Waals surface area contributed by atoms with E-state index < -0.39 is 46.1 Å². The number of aromatic carboxylic acids is 4. The van der Waals surface area contributed by atoms with Gasteiger partial charge in [0, 0.05) is 11.1 Å². The van der Waals surface area contributed by atoms with Gasteiger partial charge in [-0.1, -0.05) is 0 Å². The van der Waals surface area contributed by atoms with Crippen LogP contribution in [0.15, 0.2) is 24.3 Å². The molecule has 2 aromatic carbocycles. The van der Waals surface area contributed by atoms with Crippen LogP contribution in [0.25, 0.3) is 10.8 Å². The Bertz CT molecular complexity index is 784. The minimum Gasteiger partial charge on any atom is -0.545 e. The van der Waals surface area contributed by atoms with Crippen molar-refractivity contribution in [3.63, 3.8) is 0 Å². The predicted molar refractivity (Wildman–Crippen MR) is 61.3 cm³/mol. The largest absolute Gasteiger partial charge is 1.00 e. The monoisotopic (exact) mass is 323 g/mol. The maximum absolute atomic E-state index is 11.1. The maximum Gasteiger partial charge on any atom is 1.00 e. The topological polar surface area (TPSA) is 161 Å². The zero-order valence-corrected chi connectivity index (χ0v) is 13.6. The van der Waals surface area contributed by atoms with Gasteiger partial charge in [-0.2, -0.15) is 0 Å². The smallest absolute Gasteiger partial charge is 0.545 e. The number of carbonyl (C=O) groups is 4. The van der Waals surface area contributed by atoms with Crippen LogP contribution in [0.2, 0.25) is 0 Å². The van der Waals surface area contributed by atoms with Gasteiger partial charge < -0.3 is 39.6 Å². The van der Waals surface area contributed by atoms with E-state index in [2.05, 4.69) is 0 Å². The van der Waals surface area contributed by atoms with E-state index in [0.29, 0.717) is 12.1 Å². The molecule has 0 aliphatic rings. The van der Waals surface area contributed by atoms with Crippen molar-refractivity contribution in [2.45, 2.75) is 0 Å². The SMILES string of the molecule is O=C([O-])c1cc(C(=O)[O-])c2cc(C(=O)[O-])cc(C(=O)[O-])c2c1.[Na+]. The van der Waals surface area contributed by atoms with Crippen molar-refractivity contribution in [1.29, 1.82) is 0 Å². The first-order valence-corrected chi connectivity index (χ1v) is 5.69. The average molecular weight is 323 g/mol. The third kappa shape index (κ3) is 3.50. The van der Waals surface area contributed by atoms with Crippen molar-refractivity contribution in [2.24, 2.45) is 0 Å². The summed E-state index contributed by atoms with van der Waals surface area (Å²) in [5.41, 5.74) is -2.59. The number of hydrogen-bond acceptors (Lipinski definition) is 8. The molecule has 0 amide bonds. The molecular weight excluding hydrogens is 319 g/mol. The van der Waals surface area contributed by atoms with E-state index in [1.165, 1.54) is 0 Å². The first-order chi connectivity index (χ1) is 10.2. The molecule has 0 radical (unpaired) electrons. The van der Waals surface area contributed by atoms with Gasteiger partial charge in [0.05, 0.1) is 23.9 Å². The van der Waals surface area contributed by atoms with E-state index >= 15 is 0 Å². The van der Waals surface area contributed by atoms with Crippen molar-refractivity contribution < 1.29 is 69.2 Å². The zero-order chi connectivity index (χ0) is 16.6. The Hall–Kier alpha value is -2.42. The Balaban J connectivity index is 0.00000264. The van der Waals surface area contributed by atoms with Gasteiger partial charge in [0.1, 0.15) is 0 Å². The number of carboxylic acids is 4. The molecule has 0 spiro atoms. The summed E-state index contributed by atoms with van der Waals surface area (Å²) in [7, 11) is 0. The van der Waals surface area contributed by atoms with Crippen molar-refractivity contribution in [1.82, 2.24) is 0 Å². The van der Waals surface area contributed by atoms with Crippen LogP contribution in [0.5, 0.6) is 0 Å². The third-order valence-electron chi connectivity index (χ3n) is 2.98. The third-order valence-corrected chi connectivity index (χ3v) is 2.98. The van der Waals surface area contributed by atoms with Crippen molar-refractivity contribution >= 4 is 34.6 Å². The van der Waals surface area contributed by atoms with Crippen LogP contribution in [-0.4, -0.2) is 23.9 Å². The van der Waals surface area contributed by atoms with Crippen LogP contribution in [0, 0.1) is 0 Å². The van der Waals surface area contributed by atoms with Gasteiger partial charge >= 0.3 is 29.6 Å². The van der Waals surface area contributed by atoms with E-state index in [-0.39, 0.29) is 40.3 Å². The molecule has 0 aliphatic heterocycles. The van der Waals surface area contributed by atoms with Gasteiger partial charge in [0.25, 0.3) is 0 Å². The molecule has 2 rings (SSSR count). The number of carbonyl (C=O) groups excluding carboxylic acids is 4. The fourth-order valence-electron chi connectivity index (χ4n) is 2.04. The van der Waals surface area contributed by atoms with Gasteiger partial charge in [0.2, 0.25) is 0 Å². The van der Waals surface area contributed by atoms with Crippen molar-refractivity contribution in [2.75, 3.05) is 0 Å². The van der Waals surface area contributed by atoms with Gasteiger partial charge in [0.15, 0.2) is 0 Å². The van der Waals surface area contributed by atoms with Crippen LogP contribution in [-0.2, 0) is 0 Å². The second-order valence-electron chi connectivity index (χ2n) is 4.29. The quantitative estimate of drug-likeness (QED) is 0.502. The summed E-state index contributed by atoms with van der Waals surface area (Å²) < 4.78 is 0. The molecule has 0 heterocycles. The molecule has 0 saturated heterocycles. The van der Waals surface area contributed by atoms with E-state index in [9.17, 15) is 39.6 Å². The molecule has 112 valence electrons. The molecule has 2 aromatic rings. The zero-order valence-electron chi connectivity index (χ0n) is 11.6. The molecule has 8 nitrogen and oxygen atoms in total. The molecular formula is C14H4NaO8-3. The number of hydrogen-bond donors (Lipinski definition) is 0. The maximum atomic E-state index is 11.1. The second-order valence-corrected chi connectivity index (χ2v) is 4.29. The first kappa shape index (κ1) is 18.6. The number of rotatable bonds is 4. The van der Waals surface area contributed by atoms with E-state index in [4.69, 9.17) is 0 Å². The normalized spacial score (nSPS) is 9.91. The fourth-order valence-corrected chi connectivity index (χ4v) is 2.04. The molecule has 0 saturated carbocycles. The summed E-state index contributed by atoms with van der Waals surface area (Å²) in [6.45, 7) is 0. The number of benzene rings is 2. The minimum absolute atomic E-state index is 0. The van der Waals surface area contributed by atoms with E-state index in [1.807, 2.05) is 0 Å². The molecule has 0 aliphatic carbocycles. The Morgan fingerprint density at radius 1 is 0.565 bits per heavy atom. The average Bonchev–Trinajstić information content (AvgIpc) is 2.44. The van der Waals surface area contributed by atoms with Gasteiger partial charge in [-0.3, -0.25) is 0 Å². The predicted octanol–water partition coefficient (Wildman–Crippen LogP) is -6.70. The summed E-state index contributed by atoms with van der Waals surface area (Å²) >= 11 is 0. The van der Waals surface area contributed by atoms with Gasteiger partial charge in [-0.25, -0.2) is 0 Å². The van der Waals surface area contributed by atoms with Crippen LogP contribution in [0.4, 0.5) is 0 Å². The molecule has 0 aromatic heterocycles. The van der Waals surface area contributed by atoms with Crippen molar-refractivity contribution in [3.05, 3.63) is 46.5 Å². The summed E-state index contributed by atoms with van der Waals surface area (Å²) in [6, 6.07) is 3.07. The molecule has 9 heteroatoms. The molecule has 0 atom stereocenters. The Labute approximate surface area is 150 Å². The molecule has 0 N–H and O–H groups in total. The van der Waals surface area contributed by atoms with E-state index in [1.54, 1.807) is 0 Å². The van der Waals surface area contributed by atoms with Crippen molar-refractivity contribution in [3.8, 4) is 0 Å². The standard InChI is InChI=1S/C14H8O8.Na/c15-11(16)5-1-7-8(10(3-5)14(21)22)2-6(12(17)18)4-9(7)13(19)20;/h1-4H,(H,15,16)(H,17,18)(H,19,20)(H,21,22);/q;+1/p-4. The number of carboxylic acid groups (broad SMARTS) is 4. The Kier molecular flexibility index (Phi) is 5.49. The fraction of sp³-hybridized carbons (Fsp3) is 0.